The molecule has 0 heterocycles. The second kappa shape index (κ2) is 17.6. The summed E-state index contributed by atoms with van der Waals surface area (Å²) in [7, 11) is 0. The van der Waals surface area contributed by atoms with Crippen LogP contribution in [0.5, 0.6) is 0 Å². The third kappa shape index (κ3) is 19.8. The minimum Gasteiger partial charge on any atom is -0.328 e. The first-order valence-corrected chi connectivity index (χ1v) is 7.57. The summed E-state index contributed by atoms with van der Waals surface area (Å²) in [6.07, 6.45) is 11.3. The number of hydrogen-bond donors (Lipinski definition) is 1. The molecule has 2 heteroatoms. The average Bonchev–Trinajstić information content (AvgIpc) is 2.32. The predicted octanol–water partition coefficient (Wildman–Crippen LogP) is 5.11. The molecule has 2 N–H and O–H groups in total. The molecule has 0 saturated carbocycles. The Morgan fingerprint density at radius 3 is 1.50 bits per heavy atom. The zero-order chi connectivity index (χ0) is 12.6. The van der Waals surface area contributed by atoms with Gasteiger partial charge in [-0.1, -0.05) is 59.3 Å². The Balaban J connectivity index is 0. The zero-order valence-corrected chi connectivity index (χ0v) is 12.4. The fourth-order valence-corrected chi connectivity index (χ4v) is 1.61. The predicted molar refractivity (Wildman–Crippen MR) is 77.3 cm³/mol. The highest BCUT2D eigenvalue weighted by atomic mass is 35.5. The van der Waals surface area contributed by atoms with Gasteiger partial charge in [0, 0.05) is 11.9 Å². The van der Waals surface area contributed by atoms with Crippen LogP contribution in [0.2, 0.25) is 0 Å². The highest BCUT2D eigenvalue weighted by Gasteiger charge is 1.99. The van der Waals surface area contributed by atoms with Crippen molar-refractivity contribution in [3.8, 4) is 0 Å². The molecule has 0 radical (unpaired) electrons. The van der Waals surface area contributed by atoms with Crippen molar-refractivity contribution >= 4 is 11.6 Å². The van der Waals surface area contributed by atoms with Gasteiger partial charge in [0.15, 0.2) is 0 Å². The van der Waals surface area contributed by atoms with Crippen molar-refractivity contribution in [1.29, 1.82) is 0 Å². The summed E-state index contributed by atoms with van der Waals surface area (Å²) in [6.45, 7) is 6.60. The van der Waals surface area contributed by atoms with E-state index in [1.807, 2.05) is 0 Å². The molecule has 0 spiro atoms. The quantitative estimate of drug-likeness (QED) is 0.446. The fraction of sp³-hybridized carbons (Fsp3) is 1.00. The summed E-state index contributed by atoms with van der Waals surface area (Å²) in [5.41, 5.74) is 5.85. The zero-order valence-electron chi connectivity index (χ0n) is 11.6. The molecule has 0 aliphatic carbocycles. The highest BCUT2D eigenvalue weighted by molar-refractivity contribution is 6.17. The highest BCUT2D eigenvalue weighted by Crippen LogP contribution is 2.05. The van der Waals surface area contributed by atoms with E-state index in [2.05, 4.69) is 20.8 Å². The molecule has 0 aromatic rings. The summed E-state index contributed by atoms with van der Waals surface area (Å²) in [5.74, 6) is 0.827. The van der Waals surface area contributed by atoms with Crippen molar-refractivity contribution in [2.24, 2.45) is 5.73 Å². The van der Waals surface area contributed by atoms with Crippen molar-refractivity contribution in [3.05, 3.63) is 0 Å². The first kappa shape index (κ1) is 18.6. The van der Waals surface area contributed by atoms with Gasteiger partial charge in [-0.05, 0) is 19.3 Å². The number of alkyl halides is 1. The number of unbranched alkanes of at least 4 members (excludes halogenated alkanes) is 4. The average molecular weight is 250 g/mol. The van der Waals surface area contributed by atoms with E-state index in [0.29, 0.717) is 6.04 Å². The van der Waals surface area contributed by atoms with Crippen LogP contribution in [0.3, 0.4) is 0 Å². The number of rotatable bonds is 9. The fourth-order valence-electron chi connectivity index (χ4n) is 1.42. The molecule has 16 heavy (non-hydrogen) atoms. The summed E-state index contributed by atoms with van der Waals surface area (Å²) in [4.78, 5) is 0. The van der Waals surface area contributed by atoms with E-state index in [-0.39, 0.29) is 0 Å². The van der Waals surface area contributed by atoms with Crippen molar-refractivity contribution in [1.82, 2.24) is 0 Å². The molecule has 0 unspecified atom stereocenters. The molecule has 0 aromatic heterocycles. The van der Waals surface area contributed by atoms with Gasteiger partial charge in [0.05, 0.1) is 0 Å². The molecule has 0 aliphatic heterocycles. The molecule has 0 atom stereocenters. The van der Waals surface area contributed by atoms with Crippen molar-refractivity contribution in [3.63, 3.8) is 0 Å². The van der Waals surface area contributed by atoms with Gasteiger partial charge in [0.25, 0.3) is 0 Å². The Hall–Kier alpha value is 0.250. The van der Waals surface area contributed by atoms with E-state index < -0.39 is 0 Å². The molecule has 100 valence electrons. The van der Waals surface area contributed by atoms with E-state index in [4.69, 9.17) is 17.3 Å². The van der Waals surface area contributed by atoms with Gasteiger partial charge < -0.3 is 5.73 Å². The molecule has 0 fully saturated rings. The maximum absolute atomic E-state index is 5.85. The molecule has 0 amide bonds. The van der Waals surface area contributed by atoms with Crippen molar-refractivity contribution in [2.45, 2.75) is 84.6 Å². The van der Waals surface area contributed by atoms with E-state index in [1.165, 1.54) is 57.8 Å². The monoisotopic (exact) mass is 249 g/mol. The van der Waals surface area contributed by atoms with Crippen molar-refractivity contribution < 1.29 is 0 Å². The Kier molecular flexibility index (Phi) is 20.5. The van der Waals surface area contributed by atoms with Crippen LogP contribution in [0.15, 0.2) is 0 Å². The third-order valence-electron chi connectivity index (χ3n) is 2.59. The lowest BCUT2D eigenvalue weighted by Crippen LogP contribution is -2.19. The second-order valence-corrected chi connectivity index (χ2v) is 4.82. The second-order valence-electron chi connectivity index (χ2n) is 4.44. The third-order valence-corrected chi connectivity index (χ3v) is 2.86. The van der Waals surface area contributed by atoms with Gasteiger partial charge in [0.1, 0.15) is 0 Å². The van der Waals surface area contributed by atoms with Crippen LogP contribution in [-0.2, 0) is 0 Å². The van der Waals surface area contributed by atoms with Crippen LogP contribution in [0.1, 0.15) is 78.6 Å². The number of hydrogen-bond acceptors (Lipinski definition) is 1. The van der Waals surface area contributed by atoms with Crippen LogP contribution in [0, 0.1) is 0 Å². The summed E-state index contributed by atoms with van der Waals surface area (Å²) >= 11 is 5.38. The molecule has 0 rings (SSSR count). The topological polar surface area (TPSA) is 26.0 Å². The molecule has 0 saturated heterocycles. The van der Waals surface area contributed by atoms with Gasteiger partial charge in [-0.2, -0.15) is 0 Å². The largest absolute Gasteiger partial charge is 0.328 e. The first-order valence-electron chi connectivity index (χ1n) is 7.04. The summed E-state index contributed by atoms with van der Waals surface area (Å²) in [6, 6.07) is 0.472. The van der Waals surface area contributed by atoms with E-state index in [0.717, 1.165) is 5.88 Å². The smallest absolute Gasteiger partial charge is 0.0223 e. The van der Waals surface area contributed by atoms with Gasteiger partial charge in [-0.15, -0.1) is 11.6 Å². The molecule has 0 aromatic carbocycles. The molecular weight excluding hydrogens is 218 g/mol. The van der Waals surface area contributed by atoms with Crippen molar-refractivity contribution in [2.75, 3.05) is 5.88 Å². The van der Waals surface area contributed by atoms with Crippen LogP contribution >= 0.6 is 11.6 Å². The normalized spacial score (nSPS) is 10.1. The Bertz CT molecular complexity index is 94.9. The lowest BCUT2D eigenvalue weighted by Gasteiger charge is -2.08. The van der Waals surface area contributed by atoms with Crippen LogP contribution in [0.4, 0.5) is 0 Å². The summed E-state index contributed by atoms with van der Waals surface area (Å²) < 4.78 is 0. The van der Waals surface area contributed by atoms with Gasteiger partial charge in [-0.25, -0.2) is 0 Å². The van der Waals surface area contributed by atoms with Crippen LogP contribution < -0.4 is 5.73 Å². The Morgan fingerprint density at radius 1 is 0.812 bits per heavy atom. The minimum atomic E-state index is 0.472. The van der Waals surface area contributed by atoms with Crippen LogP contribution in [-0.4, -0.2) is 11.9 Å². The lowest BCUT2D eigenvalue weighted by atomic mass is 10.1. The number of nitrogens with two attached hydrogens (primary N) is 1. The molecule has 0 aliphatic rings. The number of halogens is 1. The Morgan fingerprint density at radius 2 is 1.25 bits per heavy atom. The summed E-state index contributed by atoms with van der Waals surface area (Å²) in [5, 5.41) is 0. The lowest BCUT2D eigenvalue weighted by molar-refractivity contribution is 0.520. The van der Waals surface area contributed by atoms with E-state index in [9.17, 15) is 0 Å². The Labute approximate surface area is 108 Å². The molecule has 1 nitrogen and oxygen atoms in total. The first-order chi connectivity index (χ1) is 7.72. The molecular formula is C14H32ClN. The van der Waals surface area contributed by atoms with Crippen LogP contribution in [0.25, 0.3) is 0 Å². The van der Waals surface area contributed by atoms with Gasteiger partial charge >= 0.3 is 0 Å². The van der Waals surface area contributed by atoms with E-state index in [1.54, 1.807) is 0 Å². The minimum absolute atomic E-state index is 0.472. The van der Waals surface area contributed by atoms with Gasteiger partial charge in [0.2, 0.25) is 0 Å². The van der Waals surface area contributed by atoms with E-state index >= 15 is 0 Å². The maximum Gasteiger partial charge on any atom is 0.0223 e. The standard InChI is InChI=1S/C9H21N.C5H11Cl/c1-3-5-7-9(10)8-6-4-2;1-2-3-4-5-6/h9H,3-8,10H2,1-2H3;2-5H2,1H3. The SMILES string of the molecule is CCCCC(N)CCCC.CCCCCCl. The van der Waals surface area contributed by atoms with Gasteiger partial charge in [-0.3, -0.25) is 0 Å². The maximum atomic E-state index is 5.85. The molecule has 0 bridgehead atoms.